The molecule has 5 nitrogen and oxygen atoms in total. The van der Waals surface area contributed by atoms with Crippen LogP contribution in [0, 0.1) is 13.8 Å². The van der Waals surface area contributed by atoms with Gasteiger partial charge in [-0.05, 0) is 55.2 Å². The van der Waals surface area contributed by atoms with E-state index in [1.165, 1.54) is 12.1 Å². The molecule has 0 aliphatic carbocycles. The van der Waals surface area contributed by atoms with Crippen LogP contribution >= 0.6 is 11.6 Å². The van der Waals surface area contributed by atoms with E-state index in [9.17, 15) is 13.2 Å². The maximum absolute atomic E-state index is 12.3. The largest absolute Gasteiger partial charge is 0.323 e. The maximum Gasteiger partial charge on any atom is 0.241 e. The van der Waals surface area contributed by atoms with Gasteiger partial charge in [-0.25, -0.2) is 13.1 Å². The predicted molar refractivity (Wildman–Crippen MR) is 101 cm³/mol. The van der Waals surface area contributed by atoms with Gasteiger partial charge in [0.15, 0.2) is 0 Å². The van der Waals surface area contributed by atoms with Gasteiger partial charge in [-0.1, -0.05) is 36.7 Å². The molecule has 0 saturated heterocycles. The number of sulfonamides is 1. The van der Waals surface area contributed by atoms with Crippen molar-refractivity contribution in [2.75, 3.05) is 11.9 Å². The lowest BCUT2D eigenvalue weighted by atomic mass is 10.1. The molecule has 0 heterocycles. The molecule has 2 N–H and O–H groups in total. The highest BCUT2D eigenvalue weighted by Gasteiger charge is 2.16. The SMILES string of the molecule is CCc1ccc(S(=O)(=O)NCC(=O)Nc2c(C)cc(C)cc2Cl)cc1. The number of aryl methyl sites for hydroxylation is 3. The molecule has 0 spiro atoms. The van der Waals surface area contributed by atoms with E-state index in [-0.39, 0.29) is 11.4 Å². The first-order valence-corrected chi connectivity index (χ1v) is 9.74. The van der Waals surface area contributed by atoms with Crippen LogP contribution in [-0.2, 0) is 21.2 Å². The molecule has 134 valence electrons. The molecular weight excluding hydrogens is 360 g/mol. The highest BCUT2D eigenvalue weighted by atomic mass is 35.5. The lowest BCUT2D eigenvalue weighted by molar-refractivity contribution is -0.115. The van der Waals surface area contributed by atoms with Crippen molar-refractivity contribution in [2.45, 2.75) is 32.1 Å². The van der Waals surface area contributed by atoms with E-state index in [1.807, 2.05) is 26.8 Å². The molecule has 0 radical (unpaired) electrons. The Bertz CT molecular complexity index is 855. The molecular formula is C18H21ClN2O3S. The van der Waals surface area contributed by atoms with Crippen molar-refractivity contribution in [3.8, 4) is 0 Å². The summed E-state index contributed by atoms with van der Waals surface area (Å²) < 4.78 is 26.8. The fraction of sp³-hybridized carbons (Fsp3) is 0.278. The van der Waals surface area contributed by atoms with E-state index in [0.29, 0.717) is 10.7 Å². The Kier molecular flexibility index (Phi) is 6.21. The number of carbonyl (C=O) groups excluding carboxylic acids is 1. The van der Waals surface area contributed by atoms with Crippen molar-refractivity contribution in [1.82, 2.24) is 4.72 Å². The molecule has 0 saturated carbocycles. The average Bonchev–Trinajstić information content (AvgIpc) is 2.56. The molecule has 0 aromatic heterocycles. The Balaban J connectivity index is 2.04. The summed E-state index contributed by atoms with van der Waals surface area (Å²) in [6.45, 7) is 5.35. The molecule has 2 rings (SSSR count). The van der Waals surface area contributed by atoms with Gasteiger partial charge in [0.1, 0.15) is 0 Å². The molecule has 1 amide bonds. The quantitative estimate of drug-likeness (QED) is 0.806. The van der Waals surface area contributed by atoms with Gasteiger partial charge in [0.05, 0.1) is 22.2 Å². The predicted octanol–water partition coefficient (Wildman–Crippen LogP) is 3.44. The number of anilines is 1. The van der Waals surface area contributed by atoms with Crippen LogP contribution in [0.25, 0.3) is 0 Å². The van der Waals surface area contributed by atoms with E-state index < -0.39 is 15.9 Å². The Morgan fingerprint density at radius 2 is 1.76 bits per heavy atom. The van der Waals surface area contributed by atoms with Crippen LogP contribution in [0.1, 0.15) is 23.6 Å². The highest BCUT2D eigenvalue weighted by molar-refractivity contribution is 7.89. The van der Waals surface area contributed by atoms with Crippen LogP contribution in [0.5, 0.6) is 0 Å². The lowest BCUT2D eigenvalue weighted by Crippen LogP contribution is -2.33. The summed E-state index contributed by atoms with van der Waals surface area (Å²) in [7, 11) is -3.74. The Hall–Kier alpha value is -1.89. The van der Waals surface area contributed by atoms with Gasteiger partial charge < -0.3 is 5.32 Å². The number of hydrogen-bond acceptors (Lipinski definition) is 3. The second-order valence-corrected chi connectivity index (χ2v) is 7.98. The third-order valence-electron chi connectivity index (χ3n) is 3.76. The molecule has 0 atom stereocenters. The van der Waals surface area contributed by atoms with Crippen molar-refractivity contribution in [2.24, 2.45) is 0 Å². The second-order valence-electron chi connectivity index (χ2n) is 5.81. The summed E-state index contributed by atoms with van der Waals surface area (Å²) in [4.78, 5) is 12.2. The van der Waals surface area contributed by atoms with Gasteiger partial charge in [-0.2, -0.15) is 0 Å². The molecule has 0 aliphatic rings. The molecule has 0 fully saturated rings. The maximum atomic E-state index is 12.3. The summed E-state index contributed by atoms with van der Waals surface area (Å²) in [5, 5.41) is 3.07. The first-order valence-electron chi connectivity index (χ1n) is 7.88. The third kappa shape index (κ3) is 5.04. The van der Waals surface area contributed by atoms with Gasteiger partial charge in [-0.15, -0.1) is 0 Å². The molecule has 0 aliphatic heterocycles. The first kappa shape index (κ1) is 19.4. The van der Waals surface area contributed by atoms with Crippen molar-refractivity contribution in [1.29, 1.82) is 0 Å². The van der Waals surface area contributed by atoms with Crippen molar-refractivity contribution >= 4 is 33.2 Å². The number of rotatable bonds is 6. The molecule has 7 heteroatoms. The van der Waals surface area contributed by atoms with E-state index in [4.69, 9.17) is 11.6 Å². The van der Waals surface area contributed by atoms with Crippen molar-refractivity contribution in [3.05, 3.63) is 58.1 Å². The van der Waals surface area contributed by atoms with Gasteiger partial charge in [0.2, 0.25) is 15.9 Å². The number of carbonyl (C=O) groups is 1. The molecule has 0 bridgehead atoms. The van der Waals surface area contributed by atoms with Crippen molar-refractivity contribution in [3.63, 3.8) is 0 Å². The number of halogens is 1. The zero-order chi connectivity index (χ0) is 18.6. The zero-order valence-corrected chi connectivity index (χ0v) is 16.0. The number of benzene rings is 2. The standard InChI is InChI=1S/C18H21ClN2O3S/c1-4-14-5-7-15(8-6-14)25(23,24)20-11-17(22)21-18-13(3)9-12(2)10-16(18)19/h5-10,20H,4,11H2,1-3H3,(H,21,22). The van der Waals surface area contributed by atoms with Crippen LogP contribution in [0.3, 0.4) is 0 Å². The van der Waals surface area contributed by atoms with Gasteiger partial charge in [0, 0.05) is 0 Å². The normalized spacial score (nSPS) is 11.4. The first-order chi connectivity index (χ1) is 11.7. The van der Waals surface area contributed by atoms with E-state index in [0.717, 1.165) is 23.1 Å². The Morgan fingerprint density at radius 3 is 2.32 bits per heavy atom. The van der Waals surface area contributed by atoms with E-state index in [1.54, 1.807) is 18.2 Å². The average molecular weight is 381 g/mol. The highest BCUT2D eigenvalue weighted by Crippen LogP contribution is 2.27. The third-order valence-corrected chi connectivity index (χ3v) is 5.48. The monoisotopic (exact) mass is 380 g/mol. The Morgan fingerprint density at radius 1 is 1.12 bits per heavy atom. The summed E-state index contributed by atoms with van der Waals surface area (Å²) >= 11 is 6.14. The smallest absolute Gasteiger partial charge is 0.241 e. The fourth-order valence-electron chi connectivity index (χ4n) is 2.41. The number of nitrogens with one attached hydrogen (secondary N) is 2. The minimum absolute atomic E-state index is 0.127. The number of amides is 1. The van der Waals surface area contributed by atoms with Crippen LogP contribution < -0.4 is 10.0 Å². The van der Waals surface area contributed by atoms with Crippen LogP contribution in [0.4, 0.5) is 5.69 Å². The van der Waals surface area contributed by atoms with Crippen LogP contribution in [0.15, 0.2) is 41.3 Å². The molecule has 25 heavy (non-hydrogen) atoms. The summed E-state index contributed by atoms with van der Waals surface area (Å²) in [6.07, 6.45) is 0.826. The molecule has 2 aromatic rings. The second kappa shape index (κ2) is 7.99. The summed E-state index contributed by atoms with van der Waals surface area (Å²) in [5.74, 6) is -0.484. The van der Waals surface area contributed by atoms with Gasteiger partial charge in [0.25, 0.3) is 0 Å². The zero-order valence-electron chi connectivity index (χ0n) is 14.4. The molecule has 0 unspecified atom stereocenters. The van der Waals surface area contributed by atoms with E-state index >= 15 is 0 Å². The minimum atomic E-state index is -3.74. The Labute approximate surface area is 153 Å². The molecule has 2 aromatic carbocycles. The minimum Gasteiger partial charge on any atom is -0.323 e. The van der Waals surface area contributed by atoms with Crippen LogP contribution in [-0.4, -0.2) is 20.9 Å². The van der Waals surface area contributed by atoms with Gasteiger partial charge >= 0.3 is 0 Å². The van der Waals surface area contributed by atoms with Gasteiger partial charge in [-0.3, -0.25) is 4.79 Å². The topological polar surface area (TPSA) is 75.3 Å². The summed E-state index contributed by atoms with van der Waals surface area (Å²) in [6, 6.07) is 10.2. The van der Waals surface area contributed by atoms with Crippen molar-refractivity contribution < 1.29 is 13.2 Å². The fourth-order valence-corrected chi connectivity index (χ4v) is 3.76. The number of hydrogen-bond donors (Lipinski definition) is 2. The van der Waals surface area contributed by atoms with Crippen LogP contribution in [0.2, 0.25) is 5.02 Å². The van der Waals surface area contributed by atoms with E-state index in [2.05, 4.69) is 10.0 Å². The summed E-state index contributed by atoms with van der Waals surface area (Å²) in [5.41, 5.74) is 3.33. The lowest BCUT2D eigenvalue weighted by Gasteiger charge is -2.12.